The van der Waals surface area contributed by atoms with E-state index < -0.39 is 47.8 Å². The number of anilines is 1. The van der Waals surface area contributed by atoms with Crippen LogP contribution in [-0.2, 0) is 20.8 Å². The van der Waals surface area contributed by atoms with Gasteiger partial charge in [0.1, 0.15) is 0 Å². The number of nitrogens with zero attached hydrogens (tertiary/aromatic N) is 1. The van der Waals surface area contributed by atoms with Crippen LogP contribution in [0.1, 0.15) is 24.1 Å². The second-order valence-corrected chi connectivity index (χ2v) is 7.99. The van der Waals surface area contributed by atoms with Crippen molar-refractivity contribution in [3.8, 4) is 11.5 Å². The summed E-state index contributed by atoms with van der Waals surface area (Å²) in [6.45, 7) is 1.07. The Kier molecular flexibility index (Phi) is 5.39. The van der Waals surface area contributed by atoms with Crippen LogP contribution < -0.4 is 15.0 Å². The molecule has 2 fully saturated rings. The number of aliphatic carboxylic acids is 1. The molecule has 0 radical (unpaired) electrons. The Hall–Kier alpha value is -3.43. The van der Waals surface area contributed by atoms with Crippen LogP contribution in [0.25, 0.3) is 0 Å². The molecule has 4 unspecified atom stereocenters. The van der Waals surface area contributed by atoms with Crippen molar-refractivity contribution in [2.24, 2.45) is 11.8 Å². The Labute approximate surface area is 184 Å². The van der Waals surface area contributed by atoms with E-state index in [0.29, 0.717) is 5.69 Å². The molecule has 0 bridgehead atoms. The Morgan fingerprint density at radius 3 is 2.41 bits per heavy atom. The van der Waals surface area contributed by atoms with Gasteiger partial charge in [-0.3, -0.25) is 19.7 Å². The highest BCUT2D eigenvalue weighted by atomic mass is 16.5. The highest BCUT2D eigenvalue weighted by Gasteiger charge is 2.69. The zero-order valence-corrected chi connectivity index (χ0v) is 17.6. The molecule has 4 rings (SSSR count). The maximum Gasteiger partial charge on any atom is 0.327 e. The van der Waals surface area contributed by atoms with Gasteiger partial charge in [0.25, 0.3) is 0 Å². The number of aryl methyl sites for hydroxylation is 1. The van der Waals surface area contributed by atoms with Gasteiger partial charge in [-0.2, -0.15) is 0 Å². The maximum atomic E-state index is 13.5. The third-order valence-electron chi connectivity index (χ3n) is 6.47. The van der Waals surface area contributed by atoms with Gasteiger partial charge in [-0.1, -0.05) is 31.2 Å². The Bertz CT molecular complexity index is 1080. The number of benzene rings is 2. The summed E-state index contributed by atoms with van der Waals surface area (Å²) < 4.78 is 5.14. The minimum atomic E-state index is -2.09. The van der Waals surface area contributed by atoms with E-state index in [-0.39, 0.29) is 17.1 Å². The normalized spacial score (nSPS) is 27.0. The van der Waals surface area contributed by atoms with Crippen molar-refractivity contribution >= 4 is 23.5 Å². The lowest BCUT2D eigenvalue weighted by Gasteiger charge is -2.29. The molecule has 2 amide bonds. The predicted octanol–water partition coefficient (Wildman–Crippen LogP) is 1.23. The van der Waals surface area contributed by atoms with Crippen molar-refractivity contribution < 1.29 is 34.4 Å². The van der Waals surface area contributed by atoms with Gasteiger partial charge in [-0.15, -0.1) is 0 Å². The summed E-state index contributed by atoms with van der Waals surface area (Å²) in [5.41, 5.74) is -0.530. The molecule has 0 spiro atoms. The fraction of sp³-hybridized carbons (Fsp3) is 0.348. The van der Waals surface area contributed by atoms with Gasteiger partial charge in [-0.05, 0) is 30.2 Å². The first-order chi connectivity index (χ1) is 15.3. The highest BCUT2D eigenvalue weighted by Crippen LogP contribution is 2.52. The van der Waals surface area contributed by atoms with Crippen LogP contribution in [0, 0.1) is 11.8 Å². The van der Waals surface area contributed by atoms with Crippen LogP contribution in [-0.4, -0.2) is 52.4 Å². The lowest BCUT2D eigenvalue weighted by Crippen LogP contribution is -2.58. The van der Waals surface area contributed by atoms with E-state index in [0.717, 1.165) is 16.9 Å². The summed E-state index contributed by atoms with van der Waals surface area (Å²) in [7, 11) is 1.37. The van der Waals surface area contributed by atoms with Crippen molar-refractivity contribution in [1.82, 2.24) is 5.32 Å². The summed E-state index contributed by atoms with van der Waals surface area (Å²) in [6.07, 6.45) is 0.779. The highest BCUT2D eigenvalue weighted by molar-refractivity contribution is 6.24. The molecule has 9 heteroatoms. The molecule has 2 aliphatic rings. The lowest BCUT2D eigenvalue weighted by atomic mass is 9.79. The number of phenols is 1. The van der Waals surface area contributed by atoms with E-state index in [9.17, 15) is 29.7 Å². The van der Waals surface area contributed by atoms with E-state index >= 15 is 0 Å². The Morgan fingerprint density at radius 2 is 1.84 bits per heavy atom. The van der Waals surface area contributed by atoms with Gasteiger partial charge in [0, 0.05) is 11.6 Å². The van der Waals surface area contributed by atoms with Crippen molar-refractivity contribution in [3.63, 3.8) is 0 Å². The van der Waals surface area contributed by atoms with Gasteiger partial charge < -0.3 is 20.1 Å². The number of rotatable bonds is 6. The number of imide groups is 1. The summed E-state index contributed by atoms with van der Waals surface area (Å²) in [5, 5.41) is 33.5. The minimum Gasteiger partial charge on any atom is -0.504 e. The number of aromatic hydroxyl groups is 1. The van der Waals surface area contributed by atoms with Crippen LogP contribution in [0.4, 0.5) is 5.69 Å². The average Bonchev–Trinajstić information content (AvgIpc) is 3.28. The standard InChI is InChI=1S/C23H24N2O7/c1-3-12-7-9-13(10-8-12)25-20(28)16-17(21(25)29)23(11-26,22(30)31)24-18(16)14-5-4-6-15(32-2)19(14)27/h4-10,16-18,24,26-27H,3,11H2,1-2H3,(H,30,31). The number of hydrogen-bond acceptors (Lipinski definition) is 7. The number of ether oxygens (including phenoxy) is 1. The summed E-state index contributed by atoms with van der Waals surface area (Å²) in [4.78, 5) is 40.2. The molecule has 4 atom stereocenters. The molecule has 0 saturated carbocycles. The van der Waals surface area contributed by atoms with E-state index in [4.69, 9.17) is 4.74 Å². The predicted molar refractivity (Wildman–Crippen MR) is 113 cm³/mol. The molecule has 0 aromatic heterocycles. The number of carbonyl (C=O) groups is 3. The molecule has 32 heavy (non-hydrogen) atoms. The molecular weight excluding hydrogens is 416 g/mol. The number of hydrogen-bond donors (Lipinski definition) is 4. The first-order valence-electron chi connectivity index (χ1n) is 10.2. The zero-order chi connectivity index (χ0) is 23.2. The Balaban J connectivity index is 1.85. The number of phenolic OH excluding ortho intramolecular Hbond substituents is 1. The zero-order valence-electron chi connectivity index (χ0n) is 17.6. The molecule has 2 heterocycles. The molecule has 2 saturated heterocycles. The first-order valence-corrected chi connectivity index (χ1v) is 10.2. The van der Waals surface area contributed by atoms with Crippen molar-refractivity contribution in [1.29, 1.82) is 0 Å². The monoisotopic (exact) mass is 440 g/mol. The second kappa shape index (κ2) is 7.92. The molecule has 0 aliphatic carbocycles. The number of amides is 2. The molecule has 2 aromatic carbocycles. The molecular formula is C23H24N2O7. The van der Waals surface area contributed by atoms with Crippen LogP contribution in [0.3, 0.4) is 0 Å². The lowest BCUT2D eigenvalue weighted by molar-refractivity contribution is -0.150. The average molecular weight is 440 g/mol. The van der Waals surface area contributed by atoms with E-state index in [1.165, 1.54) is 19.2 Å². The second-order valence-electron chi connectivity index (χ2n) is 7.99. The fourth-order valence-electron chi connectivity index (χ4n) is 4.77. The first kappa shape index (κ1) is 21.8. The maximum absolute atomic E-state index is 13.5. The number of carboxylic acids is 1. The van der Waals surface area contributed by atoms with Crippen LogP contribution >= 0.6 is 0 Å². The van der Waals surface area contributed by atoms with Crippen molar-refractivity contribution in [2.75, 3.05) is 18.6 Å². The summed E-state index contributed by atoms with van der Waals surface area (Å²) in [5.74, 6) is -5.39. The van der Waals surface area contributed by atoms with Gasteiger partial charge in [0.05, 0.1) is 31.2 Å². The third-order valence-corrected chi connectivity index (χ3v) is 6.47. The number of para-hydroxylation sites is 1. The Morgan fingerprint density at radius 1 is 1.16 bits per heavy atom. The van der Waals surface area contributed by atoms with Crippen LogP contribution in [0.5, 0.6) is 11.5 Å². The topological polar surface area (TPSA) is 136 Å². The fourth-order valence-corrected chi connectivity index (χ4v) is 4.77. The smallest absolute Gasteiger partial charge is 0.327 e. The minimum absolute atomic E-state index is 0.140. The van der Waals surface area contributed by atoms with Gasteiger partial charge in [0.15, 0.2) is 17.0 Å². The van der Waals surface area contributed by atoms with E-state index in [1.807, 2.05) is 6.92 Å². The molecule has 168 valence electrons. The number of carbonyl (C=O) groups excluding carboxylic acids is 2. The number of nitrogens with one attached hydrogen (secondary N) is 1. The quantitative estimate of drug-likeness (QED) is 0.493. The van der Waals surface area contributed by atoms with Crippen LogP contribution in [0.15, 0.2) is 42.5 Å². The third kappa shape index (κ3) is 2.96. The van der Waals surface area contributed by atoms with Crippen molar-refractivity contribution in [3.05, 3.63) is 53.6 Å². The SMILES string of the molecule is CCc1ccc(N2C(=O)C3C(c4cccc(OC)c4O)NC(CO)(C(=O)O)C3C2=O)cc1. The van der Waals surface area contributed by atoms with E-state index in [1.54, 1.807) is 30.3 Å². The molecule has 9 nitrogen and oxygen atoms in total. The number of methoxy groups -OCH3 is 1. The molecule has 4 N–H and O–H groups in total. The molecule has 2 aliphatic heterocycles. The molecule has 2 aromatic rings. The number of fused-ring (bicyclic) bond motifs is 1. The summed E-state index contributed by atoms with van der Waals surface area (Å²) >= 11 is 0. The largest absolute Gasteiger partial charge is 0.504 e. The number of aliphatic hydroxyl groups excluding tert-OH is 1. The number of carboxylic acid groups (broad SMARTS) is 1. The van der Waals surface area contributed by atoms with Crippen LogP contribution in [0.2, 0.25) is 0 Å². The van der Waals surface area contributed by atoms with Gasteiger partial charge in [-0.25, -0.2) is 4.90 Å². The number of aliphatic hydroxyl groups is 1. The van der Waals surface area contributed by atoms with Gasteiger partial charge in [0.2, 0.25) is 11.8 Å². The van der Waals surface area contributed by atoms with Gasteiger partial charge >= 0.3 is 5.97 Å². The van der Waals surface area contributed by atoms with Crippen molar-refractivity contribution in [2.45, 2.75) is 24.9 Å². The summed E-state index contributed by atoms with van der Waals surface area (Å²) in [6, 6.07) is 10.5. The van der Waals surface area contributed by atoms with E-state index in [2.05, 4.69) is 5.32 Å².